The maximum absolute atomic E-state index is 11.9. The van der Waals surface area contributed by atoms with Gasteiger partial charge < -0.3 is 10.6 Å². The topological polar surface area (TPSA) is 54.0 Å². The normalized spacial score (nSPS) is 14.5. The Morgan fingerprint density at radius 1 is 1.59 bits per heavy atom. The Bertz CT molecular complexity index is 418. The molecule has 1 fully saturated rings. The molecule has 5 heteroatoms. The van der Waals surface area contributed by atoms with E-state index in [0.29, 0.717) is 22.4 Å². The van der Waals surface area contributed by atoms with Gasteiger partial charge in [-0.1, -0.05) is 18.5 Å². The van der Waals surface area contributed by atoms with Gasteiger partial charge in [-0.15, -0.1) is 0 Å². The van der Waals surface area contributed by atoms with Crippen LogP contribution in [0.1, 0.15) is 36.5 Å². The van der Waals surface area contributed by atoms with Crippen molar-refractivity contribution in [1.82, 2.24) is 10.3 Å². The summed E-state index contributed by atoms with van der Waals surface area (Å²) in [6.07, 6.45) is 4.65. The van der Waals surface area contributed by atoms with E-state index >= 15 is 0 Å². The fourth-order valence-corrected chi connectivity index (χ4v) is 1.64. The van der Waals surface area contributed by atoms with Crippen molar-refractivity contribution >= 4 is 23.3 Å². The first-order valence-corrected chi connectivity index (χ1v) is 6.28. The summed E-state index contributed by atoms with van der Waals surface area (Å²) in [6, 6.07) is 2.04. The highest BCUT2D eigenvalue weighted by Gasteiger charge is 2.24. The molecule has 1 amide bonds. The maximum Gasteiger partial charge on any atom is 0.253 e. The van der Waals surface area contributed by atoms with Crippen LogP contribution in [-0.4, -0.2) is 23.5 Å². The third kappa shape index (κ3) is 3.33. The van der Waals surface area contributed by atoms with Gasteiger partial charge >= 0.3 is 0 Å². The van der Waals surface area contributed by atoms with Crippen molar-refractivity contribution in [2.45, 2.75) is 32.2 Å². The van der Waals surface area contributed by atoms with Crippen molar-refractivity contribution in [2.75, 3.05) is 11.9 Å². The largest absolute Gasteiger partial charge is 0.370 e. The molecule has 0 unspecified atom stereocenters. The minimum atomic E-state index is -0.112. The second-order valence-electron chi connectivity index (χ2n) is 4.22. The molecule has 1 saturated carbocycles. The number of rotatable bonds is 5. The van der Waals surface area contributed by atoms with Gasteiger partial charge in [0.1, 0.15) is 5.82 Å². The van der Waals surface area contributed by atoms with Crippen molar-refractivity contribution in [1.29, 1.82) is 0 Å². The number of amides is 1. The van der Waals surface area contributed by atoms with E-state index in [1.165, 1.54) is 6.20 Å². The van der Waals surface area contributed by atoms with Gasteiger partial charge in [-0.2, -0.15) is 0 Å². The number of nitrogens with zero attached hydrogens (tertiary/aromatic N) is 1. The molecule has 2 rings (SSSR count). The zero-order chi connectivity index (χ0) is 12.3. The third-order valence-electron chi connectivity index (χ3n) is 2.57. The van der Waals surface area contributed by atoms with Crippen LogP contribution in [-0.2, 0) is 0 Å². The molecule has 0 radical (unpaired) electrons. The van der Waals surface area contributed by atoms with Crippen molar-refractivity contribution in [3.8, 4) is 0 Å². The van der Waals surface area contributed by atoms with Crippen molar-refractivity contribution < 1.29 is 4.79 Å². The number of carbonyl (C=O) groups is 1. The van der Waals surface area contributed by atoms with Gasteiger partial charge in [0.2, 0.25) is 0 Å². The average molecular weight is 254 g/mol. The molecule has 1 aromatic heterocycles. The number of anilines is 1. The number of halogens is 1. The van der Waals surface area contributed by atoms with Crippen molar-refractivity contribution in [2.24, 2.45) is 0 Å². The highest BCUT2D eigenvalue weighted by Crippen LogP contribution is 2.22. The van der Waals surface area contributed by atoms with E-state index in [0.717, 1.165) is 25.8 Å². The van der Waals surface area contributed by atoms with Crippen LogP contribution in [0.25, 0.3) is 0 Å². The highest BCUT2D eigenvalue weighted by atomic mass is 35.5. The van der Waals surface area contributed by atoms with Gasteiger partial charge in [-0.25, -0.2) is 4.98 Å². The molecule has 1 aromatic rings. The summed E-state index contributed by atoms with van der Waals surface area (Å²) in [5.41, 5.74) is 0.493. The molecule has 1 heterocycles. The Labute approximate surface area is 106 Å². The van der Waals surface area contributed by atoms with Crippen LogP contribution in [0.5, 0.6) is 0 Å². The smallest absolute Gasteiger partial charge is 0.253 e. The number of hydrogen-bond donors (Lipinski definition) is 2. The van der Waals surface area contributed by atoms with E-state index in [4.69, 9.17) is 11.6 Å². The van der Waals surface area contributed by atoms with Crippen LogP contribution in [0.2, 0.25) is 5.02 Å². The zero-order valence-electron chi connectivity index (χ0n) is 9.79. The van der Waals surface area contributed by atoms with Crippen LogP contribution in [0.4, 0.5) is 5.82 Å². The molecule has 2 N–H and O–H groups in total. The molecule has 17 heavy (non-hydrogen) atoms. The molecular weight excluding hydrogens is 238 g/mol. The van der Waals surface area contributed by atoms with E-state index in [2.05, 4.69) is 22.5 Å². The van der Waals surface area contributed by atoms with Gasteiger partial charge in [0, 0.05) is 18.8 Å². The predicted molar refractivity (Wildman–Crippen MR) is 68.5 cm³/mol. The quantitative estimate of drug-likeness (QED) is 0.848. The number of pyridine rings is 1. The second kappa shape index (κ2) is 5.36. The fraction of sp³-hybridized carbons (Fsp3) is 0.500. The summed E-state index contributed by atoms with van der Waals surface area (Å²) in [5.74, 6) is 0.580. The van der Waals surface area contributed by atoms with Gasteiger partial charge in [0.05, 0.1) is 10.6 Å². The third-order valence-corrected chi connectivity index (χ3v) is 2.87. The zero-order valence-corrected chi connectivity index (χ0v) is 10.5. The first-order chi connectivity index (χ1) is 8.20. The number of aromatic nitrogens is 1. The summed E-state index contributed by atoms with van der Waals surface area (Å²) < 4.78 is 0. The van der Waals surface area contributed by atoms with Crippen LogP contribution >= 0.6 is 11.6 Å². The first kappa shape index (κ1) is 12.2. The Morgan fingerprint density at radius 3 is 3.00 bits per heavy atom. The van der Waals surface area contributed by atoms with E-state index in [-0.39, 0.29) is 5.91 Å². The predicted octanol–water partition coefficient (Wildman–Crippen LogP) is 2.45. The highest BCUT2D eigenvalue weighted by molar-refractivity contribution is 6.33. The average Bonchev–Trinajstić information content (AvgIpc) is 3.11. The molecule has 1 aliphatic rings. The maximum atomic E-state index is 11.9. The number of carbonyl (C=O) groups excluding carboxylic acids is 1. The van der Waals surface area contributed by atoms with Gasteiger partial charge in [-0.3, -0.25) is 4.79 Å². The monoisotopic (exact) mass is 253 g/mol. The summed E-state index contributed by atoms with van der Waals surface area (Å²) in [6.45, 7) is 2.90. The molecule has 0 aliphatic heterocycles. The molecule has 0 saturated heterocycles. The lowest BCUT2D eigenvalue weighted by atomic mass is 10.2. The molecule has 0 atom stereocenters. The van der Waals surface area contributed by atoms with Gasteiger partial charge in [0.15, 0.2) is 0 Å². The Balaban J connectivity index is 2.09. The lowest BCUT2D eigenvalue weighted by Crippen LogP contribution is -2.25. The Morgan fingerprint density at radius 2 is 2.35 bits per heavy atom. The van der Waals surface area contributed by atoms with Gasteiger partial charge in [-0.05, 0) is 25.3 Å². The SMILES string of the molecule is CCCNc1cc(C(=O)NC2CC2)c(Cl)cn1. The van der Waals surface area contributed by atoms with Crippen molar-refractivity contribution in [3.05, 3.63) is 22.8 Å². The first-order valence-electron chi connectivity index (χ1n) is 5.91. The minimum Gasteiger partial charge on any atom is -0.370 e. The van der Waals surface area contributed by atoms with E-state index in [1.807, 2.05) is 0 Å². The lowest BCUT2D eigenvalue weighted by molar-refractivity contribution is 0.0951. The molecule has 0 spiro atoms. The van der Waals surface area contributed by atoms with Crippen LogP contribution in [0, 0.1) is 0 Å². The summed E-state index contributed by atoms with van der Waals surface area (Å²) in [7, 11) is 0. The Hall–Kier alpha value is -1.29. The molecule has 4 nitrogen and oxygen atoms in total. The molecule has 0 aromatic carbocycles. The van der Waals surface area contributed by atoms with E-state index in [9.17, 15) is 4.79 Å². The van der Waals surface area contributed by atoms with E-state index < -0.39 is 0 Å². The summed E-state index contributed by atoms with van der Waals surface area (Å²) in [5, 5.41) is 6.45. The number of nitrogens with one attached hydrogen (secondary N) is 2. The van der Waals surface area contributed by atoms with E-state index in [1.54, 1.807) is 6.07 Å². The number of hydrogen-bond acceptors (Lipinski definition) is 3. The summed E-state index contributed by atoms with van der Waals surface area (Å²) in [4.78, 5) is 16.0. The Kier molecular flexibility index (Phi) is 3.84. The molecule has 1 aliphatic carbocycles. The van der Waals surface area contributed by atoms with Gasteiger partial charge in [0.25, 0.3) is 5.91 Å². The summed E-state index contributed by atoms with van der Waals surface area (Å²) >= 11 is 5.98. The molecular formula is C12H16ClN3O. The van der Waals surface area contributed by atoms with Crippen LogP contribution < -0.4 is 10.6 Å². The second-order valence-corrected chi connectivity index (χ2v) is 4.63. The fourth-order valence-electron chi connectivity index (χ4n) is 1.45. The lowest BCUT2D eigenvalue weighted by Gasteiger charge is -2.08. The van der Waals surface area contributed by atoms with Crippen molar-refractivity contribution in [3.63, 3.8) is 0 Å². The molecule has 92 valence electrons. The van der Waals surface area contributed by atoms with Crippen LogP contribution in [0.15, 0.2) is 12.3 Å². The molecule has 0 bridgehead atoms. The minimum absolute atomic E-state index is 0.112. The standard InChI is InChI=1S/C12H16ClN3O/c1-2-5-14-11-6-9(10(13)7-15-11)12(17)16-8-3-4-8/h6-8H,2-5H2,1H3,(H,14,15)(H,16,17). The van der Waals surface area contributed by atoms with Crippen LogP contribution in [0.3, 0.4) is 0 Å².